The van der Waals surface area contributed by atoms with E-state index >= 15 is 0 Å². The van der Waals surface area contributed by atoms with Crippen LogP contribution in [0.2, 0.25) is 0 Å². The van der Waals surface area contributed by atoms with Crippen molar-refractivity contribution in [3.63, 3.8) is 0 Å². The molecular formula is C28H32F6N6O6. The highest BCUT2D eigenvalue weighted by molar-refractivity contribution is 5.94. The van der Waals surface area contributed by atoms with Crippen LogP contribution in [0.25, 0.3) is 0 Å². The van der Waals surface area contributed by atoms with E-state index in [9.17, 15) is 45.5 Å². The number of rotatable bonds is 6. The van der Waals surface area contributed by atoms with E-state index in [4.69, 9.17) is 9.84 Å². The summed E-state index contributed by atoms with van der Waals surface area (Å²) < 4.78 is 89.6. The lowest BCUT2D eigenvalue weighted by Gasteiger charge is -2.34. The van der Waals surface area contributed by atoms with Gasteiger partial charge in [-0.25, -0.2) is 27.7 Å². The van der Waals surface area contributed by atoms with Crippen LogP contribution in [0.15, 0.2) is 12.1 Å². The summed E-state index contributed by atoms with van der Waals surface area (Å²) in [5.41, 5.74) is -2.05. The molecule has 2 N–H and O–H groups in total. The molecular weight excluding hydrogens is 630 g/mol. The quantitative estimate of drug-likeness (QED) is 0.356. The molecule has 2 aliphatic rings. The predicted molar refractivity (Wildman–Crippen MR) is 146 cm³/mol. The van der Waals surface area contributed by atoms with E-state index in [1.807, 2.05) is 0 Å². The lowest BCUT2D eigenvalue weighted by molar-refractivity contribution is -0.148. The minimum atomic E-state index is -4.93. The third kappa shape index (κ3) is 8.00. The number of aromatic nitrogens is 2. The molecule has 0 radical (unpaired) electrons. The average Bonchev–Trinajstić information content (AvgIpc) is 3.34. The fraction of sp³-hybridized carbons (Fsp3) is 0.536. The minimum Gasteiger partial charge on any atom is -0.465 e. The number of nitrogens with one attached hydrogen (secondary N) is 1. The number of carbonyl (C=O) groups is 4. The Morgan fingerprint density at radius 3 is 2.09 bits per heavy atom. The number of hydrogen-bond donors (Lipinski definition) is 2. The lowest BCUT2D eigenvalue weighted by Crippen LogP contribution is -2.50. The van der Waals surface area contributed by atoms with Gasteiger partial charge in [0.1, 0.15) is 11.4 Å². The number of fused-ring (bicyclic) bond motifs is 1. The molecule has 46 heavy (non-hydrogen) atoms. The Hall–Kier alpha value is -4.51. The van der Waals surface area contributed by atoms with Crippen molar-refractivity contribution in [1.82, 2.24) is 29.6 Å². The molecule has 0 spiro atoms. The normalized spacial score (nSPS) is 16.2. The van der Waals surface area contributed by atoms with Gasteiger partial charge in [-0.1, -0.05) is 0 Å². The maximum absolute atomic E-state index is 14.5. The Bertz CT molecular complexity index is 1520. The third-order valence-electron chi connectivity index (χ3n) is 7.35. The Morgan fingerprint density at radius 2 is 1.50 bits per heavy atom. The SMILES string of the molecule is CC(C)(C)OC(=O)N[C@@H](CC(=O)N1CCn2c(C(F)(F)F)nc(C(=O)N3CCN(C(=O)O)CC3)c2C1)Cc1cc(F)c(F)cc1F. The van der Waals surface area contributed by atoms with Crippen molar-refractivity contribution in [2.24, 2.45) is 0 Å². The zero-order valence-electron chi connectivity index (χ0n) is 25.1. The van der Waals surface area contributed by atoms with E-state index in [0.29, 0.717) is 12.1 Å². The topological polar surface area (TPSA) is 137 Å². The molecule has 0 saturated carbocycles. The minimum absolute atomic E-state index is 0.0571. The number of alkyl halides is 3. The van der Waals surface area contributed by atoms with E-state index < -0.39 is 90.2 Å². The van der Waals surface area contributed by atoms with E-state index in [2.05, 4.69) is 10.3 Å². The number of carbonyl (C=O) groups excluding carboxylic acids is 3. The van der Waals surface area contributed by atoms with Gasteiger partial charge in [0.25, 0.3) is 5.91 Å². The molecule has 12 nitrogen and oxygen atoms in total. The maximum Gasteiger partial charge on any atom is 0.449 e. The molecule has 0 aliphatic carbocycles. The number of imidazole rings is 1. The van der Waals surface area contributed by atoms with Gasteiger partial charge in [-0.2, -0.15) is 13.2 Å². The first-order valence-corrected chi connectivity index (χ1v) is 14.2. The van der Waals surface area contributed by atoms with Gasteiger partial charge in [-0.05, 0) is 38.8 Å². The Kier molecular flexibility index (Phi) is 9.77. The van der Waals surface area contributed by atoms with E-state index in [0.717, 1.165) is 14.4 Å². The van der Waals surface area contributed by atoms with Crippen molar-refractivity contribution in [2.45, 2.75) is 64.5 Å². The summed E-state index contributed by atoms with van der Waals surface area (Å²) in [5, 5.41) is 11.6. The highest BCUT2D eigenvalue weighted by Crippen LogP contribution is 2.33. The monoisotopic (exact) mass is 662 g/mol. The summed E-state index contributed by atoms with van der Waals surface area (Å²) in [6.07, 6.45) is -8.14. The molecule has 1 atom stereocenters. The van der Waals surface area contributed by atoms with Crippen molar-refractivity contribution >= 4 is 24.0 Å². The Morgan fingerprint density at radius 1 is 0.913 bits per heavy atom. The summed E-state index contributed by atoms with van der Waals surface area (Å²) in [4.78, 5) is 57.5. The highest BCUT2D eigenvalue weighted by Gasteiger charge is 2.43. The molecule has 3 heterocycles. The molecule has 4 amide bonds. The molecule has 2 aromatic rings. The zero-order chi connectivity index (χ0) is 34.1. The highest BCUT2D eigenvalue weighted by atomic mass is 19.4. The second kappa shape index (κ2) is 13.1. The second-order valence-electron chi connectivity index (χ2n) is 11.9. The summed E-state index contributed by atoms with van der Waals surface area (Å²) in [5.74, 6) is -6.83. The molecule has 252 valence electrons. The van der Waals surface area contributed by atoms with Gasteiger partial charge in [0, 0.05) is 57.8 Å². The molecule has 4 rings (SSSR count). The van der Waals surface area contributed by atoms with Crippen LogP contribution in [0.4, 0.5) is 35.9 Å². The smallest absolute Gasteiger partial charge is 0.449 e. The number of halogens is 6. The lowest BCUT2D eigenvalue weighted by atomic mass is 10.0. The number of amides is 4. The molecule has 1 aromatic carbocycles. The van der Waals surface area contributed by atoms with Crippen molar-refractivity contribution in [2.75, 3.05) is 32.7 Å². The fourth-order valence-corrected chi connectivity index (χ4v) is 5.19. The van der Waals surface area contributed by atoms with Gasteiger partial charge in [-0.15, -0.1) is 0 Å². The van der Waals surface area contributed by atoms with Crippen molar-refractivity contribution in [1.29, 1.82) is 0 Å². The number of benzene rings is 1. The fourth-order valence-electron chi connectivity index (χ4n) is 5.19. The summed E-state index contributed by atoms with van der Waals surface area (Å²) in [6, 6.07) is -0.308. The van der Waals surface area contributed by atoms with Crippen molar-refractivity contribution in [3.05, 3.63) is 52.4 Å². The average molecular weight is 663 g/mol. The number of hydrogen-bond acceptors (Lipinski definition) is 6. The van der Waals surface area contributed by atoms with Gasteiger partial charge in [0.05, 0.1) is 12.2 Å². The molecule has 1 aromatic heterocycles. The predicted octanol–water partition coefficient (Wildman–Crippen LogP) is 3.62. The maximum atomic E-state index is 14.5. The molecule has 2 aliphatic heterocycles. The first kappa shape index (κ1) is 34.4. The van der Waals surface area contributed by atoms with Gasteiger partial charge in [0.2, 0.25) is 11.7 Å². The number of ether oxygens (including phenoxy) is 1. The van der Waals surface area contributed by atoms with Crippen LogP contribution in [0.3, 0.4) is 0 Å². The van der Waals surface area contributed by atoms with Crippen LogP contribution in [0.1, 0.15) is 54.8 Å². The number of nitrogens with zero attached hydrogens (tertiary/aromatic N) is 5. The van der Waals surface area contributed by atoms with Crippen LogP contribution in [-0.4, -0.2) is 97.7 Å². The van der Waals surface area contributed by atoms with Crippen LogP contribution in [0, 0.1) is 17.5 Å². The molecule has 1 fully saturated rings. The summed E-state index contributed by atoms with van der Waals surface area (Å²) >= 11 is 0. The van der Waals surface area contributed by atoms with Gasteiger partial charge < -0.3 is 34.4 Å². The first-order chi connectivity index (χ1) is 21.3. The van der Waals surface area contributed by atoms with E-state index in [-0.39, 0.29) is 50.5 Å². The van der Waals surface area contributed by atoms with Crippen molar-refractivity contribution in [3.8, 4) is 0 Å². The Balaban J connectivity index is 1.57. The molecule has 18 heteroatoms. The van der Waals surface area contributed by atoms with Gasteiger partial charge in [-0.3, -0.25) is 9.59 Å². The number of piperazine rings is 1. The zero-order valence-corrected chi connectivity index (χ0v) is 25.1. The van der Waals surface area contributed by atoms with Crippen molar-refractivity contribution < 1.29 is 55.4 Å². The molecule has 0 unspecified atom stereocenters. The van der Waals surface area contributed by atoms with Gasteiger partial charge >= 0.3 is 18.4 Å². The number of alkyl carbamates (subject to hydrolysis) is 1. The molecule has 1 saturated heterocycles. The van der Waals surface area contributed by atoms with Crippen LogP contribution >= 0.6 is 0 Å². The van der Waals surface area contributed by atoms with Crippen LogP contribution in [0.5, 0.6) is 0 Å². The Labute approximate surface area is 258 Å². The summed E-state index contributed by atoms with van der Waals surface area (Å²) in [7, 11) is 0. The van der Waals surface area contributed by atoms with E-state index in [1.54, 1.807) is 20.8 Å². The second-order valence-corrected chi connectivity index (χ2v) is 11.9. The van der Waals surface area contributed by atoms with Crippen LogP contribution in [-0.2, 0) is 35.2 Å². The van der Waals surface area contributed by atoms with Gasteiger partial charge in [0.15, 0.2) is 17.3 Å². The van der Waals surface area contributed by atoms with Crippen LogP contribution < -0.4 is 5.32 Å². The van der Waals surface area contributed by atoms with E-state index in [1.165, 1.54) is 4.90 Å². The summed E-state index contributed by atoms with van der Waals surface area (Å²) in [6.45, 7) is 3.32. The first-order valence-electron chi connectivity index (χ1n) is 14.2. The number of carboxylic acid groups (broad SMARTS) is 1. The third-order valence-corrected chi connectivity index (χ3v) is 7.35. The largest absolute Gasteiger partial charge is 0.465 e. The standard InChI is InChI=1S/C28H32F6N6O6/c1-27(2,3)46-25(43)35-16(10-15-11-18(30)19(31)13-17(15)29)12-21(41)39-8-9-40-20(14-39)22(36-24(40)28(32,33)34)23(42)37-4-6-38(7-5-37)26(44)45/h11,13,16H,4-10,12,14H2,1-3H3,(H,35,43)(H,44,45)/t16-/m1/s1. The molecule has 0 bridgehead atoms.